The van der Waals surface area contributed by atoms with Gasteiger partial charge in [0.15, 0.2) is 9.84 Å². The zero-order chi connectivity index (χ0) is 17.7. The number of benzene rings is 1. The molecule has 1 aliphatic heterocycles. The van der Waals surface area contributed by atoms with Gasteiger partial charge in [-0.05, 0) is 24.1 Å². The van der Waals surface area contributed by atoms with Crippen molar-refractivity contribution in [3.63, 3.8) is 0 Å². The summed E-state index contributed by atoms with van der Waals surface area (Å²) >= 11 is 5.84. The van der Waals surface area contributed by atoms with Crippen LogP contribution in [0.15, 0.2) is 24.3 Å². The average molecular weight is 373 g/mol. The number of rotatable bonds is 6. The Morgan fingerprint density at radius 1 is 1.29 bits per heavy atom. The molecule has 1 aromatic rings. The zero-order valence-corrected chi connectivity index (χ0v) is 15.1. The number of sulfone groups is 1. The van der Waals surface area contributed by atoms with Crippen molar-refractivity contribution in [2.45, 2.75) is 32.4 Å². The molecule has 1 atom stereocenters. The summed E-state index contributed by atoms with van der Waals surface area (Å²) in [5.41, 5.74) is 0.928. The van der Waals surface area contributed by atoms with Crippen molar-refractivity contribution in [3.05, 3.63) is 34.9 Å². The monoisotopic (exact) mass is 372 g/mol. The SMILES string of the molecule is CC(=O)N(CCC(=O)NC1CCS(=O)(=O)C1)Cc1ccc(Cl)cc1. The van der Waals surface area contributed by atoms with Crippen LogP contribution in [0.5, 0.6) is 0 Å². The summed E-state index contributed by atoms with van der Waals surface area (Å²) in [6, 6.07) is 6.86. The highest BCUT2D eigenvalue weighted by Gasteiger charge is 2.28. The van der Waals surface area contributed by atoms with Crippen molar-refractivity contribution in [2.75, 3.05) is 18.1 Å². The van der Waals surface area contributed by atoms with E-state index in [0.717, 1.165) is 5.56 Å². The fraction of sp³-hybridized carbons (Fsp3) is 0.500. The summed E-state index contributed by atoms with van der Waals surface area (Å²) in [6.07, 6.45) is 0.596. The van der Waals surface area contributed by atoms with E-state index in [9.17, 15) is 18.0 Å². The molecule has 6 nitrogen and oxygen atoms in total. The number of hydrogen-bond acceptors (Lipinski definition) is 4. The summed E-state index contributed by atoms with van der Waals surface area (Å²) in [5, 5.41) is 3.35. The van der Waals surface area contributed by atoms with E-state index in [0.29, 0.717) is 18.0 Å². The van der Waals surface area contributed by atoms with E-state index in [1.807, 2.05) is 12.1 Å². The minimum absolute atomic E-state index is 0.0000622. The van der Waals surface area contributed by atoms with Crippen molar-refractivity contribution >= 4 is 33.3 Å². The molecule has 1 unspecified atom stereocenters. The number of hydrogen-bond donors (Lipinski definition) is 1. The van der Waals surface area contributed by atoms with Gasteiger partial charge in [0.25, 0.3) is 0 Å². The molecule has 2 amide bonds. The molecule has 1 aliphatic rings. The molecule has 0 spiro atoms. The minimum Gasteiger partial charge on any atom is -0.352 e. The van der Waals surface area contributed by atoms with E-state index >= 15 is 0 Å². The fourth-order valence-corrected chi connectivity index (χ4v) is 4.40. The van der Waals surface area contributed by atoms with Crippen molar-refractivity contribution < 1.29 is 18.0 Å². The van der Waals surface area contributed by atoms with E-state index in [1.54, 1.807) is 17.0 Å². The molecular weight excluding hydrogens is 352 g/mol. The van der Waals surface area contributed by atoms with Crippen molar-refractivity contribution in [1.29, 1.82) is 0 Å². The molecule has 0 saturated carbocycles. The Labute approximate surface area is 147 Å². The number of halogens is 1. The van der Waals surface area contributed by atoms with Gasteiger partial charge in [-0.15, -0.1) is 0 Å². The first-order valence-electron chi connectivity index (χ1n) is 7.75. The van der Waals surface area contributed by atoms with Crippen LogP contribution in [0.3, 0.4) is 0 Å². The lowest BCUT2D eigenvalue weighted by Crippen LogP contribution is -2.38. The third kappa shape index (κ3) is 5.79. The second-order valence-electron chi connectivity index (χ2n) is 5.98. The first-order valence-corrected chi connectivity index (χ1v) is 9.95. The number of nitrogens with one attached hydrogen (secondary N) is 1. The van der Waals surface area contributed by atoms with Crippen molar-refractivity contribution in [2.24, 2.45) is 0 Å². The number of nitrogens with zero attached hydrogens (tertiary/aromatic N) is 1. The van der Waals surface area contributed by atoms with E-state index in [2.05, 4.69) is 5.32 Å². The van der Waals surface area contributed by atoms with E-state index in [4.69, 9.17) is 11.6 Å². The van der Waals surface area contributed by atoms with Crippen LogP contribution < -0.4 is 5.32 Å². The maximum Gasteiger partial charge on any atom is 0.222 e. The van der Waals surface area contributed by atoms with Gasteiger partial charge in [0, 0.05) is 37.5 Å². The normalized spacial score (nSPS) is 19.0. The summed E-state index contributed by atoms with van der Waals surface area (Å²) in [7, 11) is -3.02. The predicted molar refractivity (Wildman–Crippen MR) is 92.4 cm³/mol. The minimum atomic E-state index is -3.02. The molecule has 0 aliphatic carbocycles. The maximum atomic E-state index is 12.0. The largest absolute Gasteiger partial charge is 0.352 e. The van der Waals surface area contributed by atoms with Crippen LogP contribution in [0.4, 0.5) is 0 Å². The van der Waals surface area contributed by atoms with Crippen molar-refractivity contribution in [3.8, 4) is 0 Å². The van der Waals surface area contributed by atoms with E-state index in [1.165, 1.54) is 6.92 Å². The maximum absolute atomic E-state index is 12.0. The Balaban J connectivity index is 1.83. The first kappa shape index (κ1) is 18.7. The van der Waals surface area contributed by atoms with E-state index in [-0.39, 0.29) is 42.3 Å². The average Bonchev–Trinajstić information content (AvgIpc) is 2.84. The van der Waals surface area contributed by atoms with Crippen molar-refractivity contribution in [1.82, 2.24) is 10.2 Å². The third-order valence-corrected chi connectivity index (χ3v) is 5.96. The Morgan fingerprint density at radius 3 is 2.50 bits per heavy atom. The smallest absolute Gasteiger partial charge is 0.222 e. The number of carbonyl (C=O) groups is 2. The molecule has 1 heterocycles. The second-order valence-corrected chi connectivity index (χ2v) is 8.65. The Kier molecular flexibility index (Phi) is 6.23. The van der Waals surface area contributed by atoms with Gasteiger partial charge < -0.3 is 10.2 Å². The van der Waals surface area contributed by atoms with Gasteiger partial charge in [0.05, 0.1) is 11.5 Å². The van der Waals surface area contributed by atoms with Gasteiger partial charge in [-0.25, -0.2) is 8.42 Å². The highest BCUT2D eigenvalue weighted by atomic mass is 35.5. The number of amides is 2. The fourth-order valence-electron chi connectivity index (χ4n) is 2.60. The van der Waals surface area contributed by atoms with Gasteiger partial charge in [-0.3, -0.25) is 9.59 Å². The molecule has 0 radical (unpaired) electrons. The molecule has 1 N–H and O–H groups in total. The Hall–Kier alpha value is -1.60. The molecule has 2 rings (SSSR count). The van der Waals surface area contributed by atoms with Crippen LogP contribution >= 0.6 is 11.6 Å². The molecule has 8 heteroatoms. The van der Waals surface area contributed by atoms with E-state index < -0.39 is 9.84 Å². The van der Waals surface area contributed by atoms with Crippen LogP contribution in [-0.4, -0.2) is 49.2 Å². The zero-order valence-electron chi connectivity index (χ0n) is 13.5. The van der Waals surface area contributed by atoms with Crippen LogP contribution in [-0.2, 0) is 26.0 Å². The van der Waals surface area contributed by atoms with Crippen LogP contribution in [0.2, 0.25) is 5.02 Å². The lowest BCUT2D eigenvalue weighted by Gasteiger charge is -2.21. The lowest BCUT2D eigenvalue weighted by molar-refractivity contribution is -0.130. The molecule has 1 saturated heterocycles. The quantitative estimate of drug-likeness (QED) is 0.817. The number of carbonyl (C=O) groups excluding carboxylic acids is 2. The van der Waals surface area contributed by atoms with Gasteiger partial charge in [0.1, 0.15) is 0 Å². The summed E-state index contributed by atoms with van der Waals surface area (Å²) < 4.78 is 22.8. The highest BCUT2D eigenvalue weighted by molar-refractivity contribution is 7.91. The Morgan fingerprint density at radius 2 is 1.96 bits per heavy atom. The van der Waals surface area contributed by atoms with Gasteiger partial charge in [-0.2, -0.15) is 0 Å². The summed E-state index contributed by atoms with van der Waals surface area (Å²) in [4.78, 5) is 25.3. The predicted octanol–water partition coefficient (Wildman–Crippen LogP) is 1.38. The van der Waals surface area contributed by atoms with Gasteiger partial charge >= 0.3 is 0 Å². The molecule has 1 aromatic carbocycles. The topological polar surface area (TPSA) is 83.6 Å². The highest BCUT2D eigenvalue weighted by Crippen LogP contribution is 2.13. The molecular formula is C16H21ClN2O4S. The van der Waals surface area contributed by atoms with Crippen LogP contribution in [0, 0.1) is 0 Å². The summed E-state index contributed by atoms with van der Waals surface area (Å²) in [5.74, 6) is -0.241. The molecule has 24 heavy (non-hydrogen) atoms. The van der Waals surface area contributed by atoms with Gasteiger partial charge in [-0.1, -0.05) is 23.7 Å². The molecule has 0 aromatic heterocycles. The first-order chi connectivity index (χ1) is 11.2. The summed E-state index contributed by atoms with van der Waals surface area (Å²) in [6.45, 7) is 2.14. The third-order valence-electron chi connectivity index (χ3n) is 3.94. The molecule has 1 fully saturated rings. The standard InChI is InChI=1S/C16H21ClN2O4S/c1-12(20)19(10-13-2-4-14(17)5-3-13)8-6-16(21)18-15-7-9-24(22,23)11-15/h2-5,15H,6-11H2,1H3,(H,18,21). The molecule has 132 valence electrons. The van der Waals surface area contributed by atoms with Crippen LogP contribution in [0.25, 0.3) is 0 Å². The second kappa shape index (κ2) is 7.98. The van der Waals surface area contributed by atoms with Gasteiger partial charge in [0.2, 0.25) is 11.8 Å². The molecule has 0 bridgehead atoms. The van der Waals surface area contributed by atoms with Crippen LogP contribution in [0.1, 0.15) is 25.3 Å². The lowest BCUT2D eigenvalue weighted by atomic mass is 10.2. The Bertz CT molecular complexity index is 703.